The van der Waals surface area contributed by atoms with Crippen molar-refractivity contribution in [2.45, 2.75) is 49.5 Å². The maximum absolute atomic E-state index is 12.5. The highest BCUT2D eigenvalue weighted by molar-refractivity contribution is 7.89. The number of amidine groups is 1. The monoisotopic (exact) mass is 295 g/mol. The molecule has 0 heterocycles. The average molecular weight is 295 g/mol. The molecule has 0 atom stereocenters. The number of aryl methyl sites for hydroxylation is 1. The van der Waals surface area contributed by atoms with Crippen LogP contribution in [0.25, 0.3) is 0 Å². The second-order valence-corrected chi connectivity index (χ2v) is 7.16. The second-order valence-electron chi connectivity index (χ2n) is 5.48. The summed E-state index contributed by atoms with van der Waals surface area (Å²) in [6.45, 7) is 1.85. The number of benzene rings is 1. The van der Waals surface area contributed by atoms with E-state index in [1.54, 1.807) is 18.2 Å². The first-order valence-corrected chi connectivity index (χ1v) is 8.29. The fourth-order valence-electron chi connectivity index (χ4n) is 2.68. The molecule has 1 fully saturated rings. The van der Waals surface area contributed by atoms with E-state index in [1.165, 1.54) is 0 Å². The van der Waals surface area contributed by atoms with E-state index in [0.29, 0.717) is 12.8 Å². The zero-order chi connectivity index (χ0) is 14.8. The third kappa shape index (κ3) is 3.02. The molecule has 1 aliphatic rings. The van der Waals surface area contributed by atoms with Crippen LogP contribution in [0, 0.1) is 12.3 Å². The fraction of sp³-hybridized carbons (Fsp3) is 0.500. The van der Waals surface area contributed by atoms with E-state index in [4.69, 9.17) is 11.1 Å². The molecule has 1 aromatic carbocycles. The summed E-state index contributed by atoms with van der Waals surface area (Å²) in [7, 11) is -3.66. The molecule has 20 heavy (non-hydrogen) atoms. The summed E-state index contributed by atoms with van der Waals surface area (Å²) in [5, 5.41) is 7.77. The van der Waals surface area contributed by atoms with Gasteiger partial charge in [-0.2, -0.15) is 4.72 Å². The van der Waals surface area contributed by atoms with Crippen LogP contribution >= 0.6 is 0 Å². The smallest absolute Gasteiger partial charge is 0.241 e. The van der Waals surface area contributed by atoms with E-state index in [2.05, 4.69) is 4.72 Å². The molecule has 0 aromatic heterocycles. The maximum atomic E-state index is 12.5. The van der Waals surface area contributed by atoms with Gasteiger partial charge in [0, 0.05) is 0 Å². The van der Waals surface area contributed by atoms with Crippen molar-refractivity contribution in [1.29, 1.82) is 5.41 Å². The van der Waals surface area contributed by atoms with Crippen molar-refractivity contribution in [1.82, 2.24) is 4.72 Å². The van der Waals surface area contributed by atoms with Crippen molar-refractivity contribution < 1.29 is 8.42 Å². The van der Waals surface area contributed by atoms with Crippen molar-refractivity contribution in [2.24, 2.45) is 5.73 Å². The van der Waals surface area contributed by atoms with Gasteiger partial charge in [-0.1, -0.05) is 31.4 Å². The summed E-state index contributed by atoms with van der Waals surface area (Å²) in [6.07, 6.45) is 4.01. The molecule has 0 bridgehead atoms. The molecule has 2 rings (SSSR count). The van der Waals surface area contributed by atoms with Crippen molar-refractivity contribution in [2.75, 3.05) is 0 Å². The number of sulfonamides is 1. The molecular weight excluding hydrogens is 274 g/mol. The quantitative estimate of drug-likeness (QED) is 0.585. The van der Waals surface area contributed by atoms with Gasteiger partial charge in [0.2, 0.25) is 10.0 Å². The Morgan fingerprint density at radius 1 is 1.30 bits per heavy atom. The third-order valence-corrected chi connectivity index (χ3v) is 5.39. The van der Waals surface area contributed by atoms with Crippen LogP contribution in [-0.4, -0.2) is 19.8 Å². The Hall–Kier alpha value is -1.40. The first kappa shape index (κ1) is 15.0. The molecule has 5 nitrogen and oxygen atoms in total. The third-order valence-electron chi connectivity index (χ3n) is 3.85. The molecule has 110 valence electrons. The molecule has 0 radical (unpaired) electrons. The van der Waals surface area contributed by atoms with Gasteiger partial charge in [0.15, 0.2) is 0 Å². The number of rotatable bonds is 4. The molecule has 0 unspecified atom stereocenters. The van der Waals surface area contributed by atoms with Crippen LogP contribution in [0.1, 0.15) is 37.7 Å². The minimum atomic E-state index is -3.66. The van der Waals surface area contributed by atoms with Crippen LogP contribution in [0.15, 0.2) is 29.2 Å². The van der Waals surface area contributed by atoms with Crippen LogP contribution in [0.2, 0.25) is 0 Å². The molecule has 0 amide bonds. The normalized spacial score (nSPS) is 18.6. The zero-order valence-corrected chi connectivity index (χ0v) is 12.5. The van der Waals surface area contributed by atoms with E-state index in [9.17, 15) is 8.42 Å². The lowest BCUT2D eigenvalue weighted by Crippen LogP contribution is -2.57. The first-order valence-electron chi connectivity index (χ1n) is 6.81. The summed E-state index contributed by atoms with van der Waals surface area (Å²) < 4.78 is 27.7. The Balaban J connectivity index is 2.32. The van der Waals surface area contributed by atoms with Gasteiger partial charge >= 0.3 is 0 Å². The molecule has 1 aromatic rings. The highest BCUT2D eigenvalue weighted by Crippen LogP contribution is 2.30. The maximum Gasteiger partial charge on any atom is 0.241 e. The topological polar surface area (TPSA) is 96.0 Å². The van der Waals surface area contributed by atoms with Gasteiger partial charge in [0.05, 0.1) is 10.4 Å². The SMILES string of the molecule is Cc1cccc(S(=O)(=O)NC2(C(=N)N)CCCCC2)c1. The van der Waals surface area contributed by atoms with Gasteiger partial charge in [-0.25, -0.2) is 8.42 Å². The summed E-state index contributed by atoms with van der Waals surface area (Å²) in [6, 6.07) is 6.75. The Kier molecular flexibility index (Phi) is 4.15. The molecule has 0 spiro atoms. The number of hydrogen-bond acceptors (Lipinski definition) is 3. The summed E-state index contributed by atoms with van der Waals surface area (Å²) in [4.78, 5) is 0.226. The highest BCUT2D eigenvalue weighted by atomic mass is 32.2. The van der Waals surface area contributed by atoms with Gasteiger partial charge in [0.25, 0.3) is 0 Å². The minimum Gasteiger partial charge on any atom is -0.386 e. The molecule has 6 heteroatoms. The molecule has 1 saturated carbocycles. The van der Waals surface area contributed by atoms with Crippen molar-refractivity contribution in [3.05, 3.63) is 29.8 Å². The van der Waals surface area contributed by atoms with Crippen molar-refractivity contribution in [3.63, 3.8) is 0 Å². The van der Waals surface area contributed by atoms with Crippen LogP contribution < -0.4 is 10.5 Å². The van der Waals surface area contributed by atoms with Gasteiger partial charge < -0.3 is 5.73 Å². The molecule has 1 aliphatic carbocycles. The van der Waals surface area contributed by atoms with E-state index in [0.717, 1.165) is 24.8 Å². The van der Waals surface area contributed by atoms with Gasteiger partial charge in [0.1, 0.15) is 5.84 Å². The van der Waals surface area contributed by atoms with Gasteiger partial charge in [-0.05, 0) is 37.5 Å². The largest absolute Gasteiger partial charge is 0.386 e. The summed E-state index contributed by atoms with van der Waals surface area (Å²) in [5.74, 6) is -0.0894. The minimum absolute atomic E-state index is 0.0894. The van der Waals surface area contributed by atoms with E-state index >= 15 is 0 Å². The van der Waals surface area contributed by atoms with Crippen LogP contribution in [0.3, 0.4) is 0 Å². The Bertz CT molecular complexity index is 605. The van der Waals surface area contributed by atoms with E-state index in [-0.39, 0.29) is 10.7 Å². The summed E-state index contributed by atoms with van der Waals surface area (Å²) in [5.41, 5.74) is 5.64. The molecule has 0 saturated heterocycles. The van der Waals surface area contributed by atoms with Crippen LogP contribution in [0.5, 0.6) is 0 Å². The van der Waals surface area contributed by atoms with Crippen molar-refractivity contribution in [3.8, 4) is 0 Å². The Morgan fingerprint density at radius 2 is 1.95 bits per heavy atom. The number of nitrogens with one attached hydrogen (secondary N) is 2. The predicted molar refractivity (Wildman–Crippen MR) is 79.2 cm³/mol. The second kappa shape index (κ2) is 5.54. The number of hydrogen-bond donors (Lipinski definition) is 3. The summed E-state index contributed by atoms with van der Waals surface area (Å²) >= 11 is 0. The highest BCUT2D eigenvalue weighted by Gasteiger charge is 2.39. The predicted octanol–water partition coefficient (Wildman–Crippen LogP) is 1.91. The molecular formula is C14H21N3O2S. The lowest BCUT2D eigenvalue weighted by Gasteiger charge is -2.36. The van der Waals surface area contributed by atoms with E-state index < -0.39 is 15.6 Å². The van der Waals surface area contributed by atoms with Crippen LogP contribution in [-0.2, 0) is 10.0 Å². The number of nitrogens with two attached hydrogens (primary N) is 1. The van der Waals surface area contributed by atoms with Crippen LogP contribution in [0.4, 0.5) is 0 Å². The standard InChI is InChI=1S/C14H21N3O2S/c1-11-6-5-7-12(10-11)20(18,19)17-14(13(15)16)8-3-2-4-9-14/h5-7,10,17H,2-4,8-9H2,1H3,(H3,15,16). The van der Waals surface area contributed by atoms with Gasteiger partial charge in [-0.3, -0.25) is 5.41 Å². The lowest BCUT2D eigenvalue weighted by molar-refractivity contribution is 0.348. The fourth-order valence-corrected chi connectivity index (χ4v) is 4.23. The van der Waals surface area contributed by atoms with E-state index in [1.807, 2.05) is 13.0 Å². The molecule has 0 aliphatic heterocycles. The first-order chi connectivity index (χ1) is 9.36. The molecule has 4 N–H and O–H groups in total. The van der Waals surface area contributed by atoms with Gasteiger partial charge in [-0.15, -0.1) is 0 Å². The average Bonchev–Trinajstić information content (AvgIpc) is 2.39. The zero-order valence-electron chi connectivity index (χ0n) is 11.6. The lowest BCUT2D eigenvalue weighted by atomic mass is 9.82. The Morgan fingerprint density at radius 3 is 2.50 bits per heavy atom. The Labute approximate surface area is 120 Å². The van der Waals surface area contributed by atoms with Crippen molar-refractivity contribution >= 4 is 15.9 Å².